The highest BCUT2D eigenvalue weighted by Crippen LogP contribution is 2.34. The zero-order chi connectivity index (χ0) is 21.8. The van der Waals surface area contributed by atoms with Gasteiger partial charge in [-0.1, -0.05) is 66.7 Å². The van der Waals surface area contributed by atoms with Crippen LogP contribution < -0.4 is 5.32 Å². The van der Waals surface area contributed by atoms with Gasteiger partial charge in [0.05, 0.1) is 5.69 Å². The number of carbonyl (C=O) groups is 2. The van der Waals surface area contributed by atoms with Crippen molar-refractivity contribution < 1.29 is 9.59 Å². The van der Waals surface area contributed by atoms with Crippen molar-refractivity contribution >= 4 is 28.8 Å². The highest BCUT2D eigenvalue weighted by atomic mass is 32.1. The maximum Gasteiger partial charge on any atom is 0.268 e. The monoisotopic (exact) mass is 427 g/mol. The zero-order valence-corrected chi connectivity index (χ0v) is 18.0. The van der Waals surface area contributed by atoms with Gasteiger partial charge in [0, 0.05) is 36.5 Å². The third-order valence-electron chi connectivity index (χ3n) is 4.67. The van der Waals surface area contributed by atoms with Crippen molar-refractivity contribution in [2.24, 2.45) is 0 Å². The molecule has 5 nitrogen and oxygen atoms in total. The van der Waals surface area contributed by atoms with E-state index in [9.17, 15) is 9.59 Å². The predicted molar refractivity (Wildman–Crippen MR) is 125 cm³/mol. The highest BCUT2D eigenvalue weighted by Gasteiger charge is 2.21. The summed E-state index contributed by atoms with van der Waals surface area (Å²) in [6.45, 7) is 0. The minimum Gasteiger partial charge on any atom is -0.345 e. The summed E-state index contributed by atoms with van der Waals surface area (Å²) in [6.07, 6.45) is 0. The first kappa shape index (κ1) is 20.5. The molecule has 0 aliphatic rings. The fourth-order valence-electron chi connectivity index (χ4n) is 3.15. The Morgan fingerprint density at radius 2 is 1.48 bits per heavy atom. The van der Waals surface area contributed by atoms with Crippen LogP contribution >= 0.6 is 11.3 Å². The molecule has 0 unspecified atom stereocenters. The number of aromatic nitrogens is 1. The Balaban J connectivity index is 1.70. The van der Waals surface area contributed by atoms with Crippen LogP contribution in [0, 0.1) is 0 Å². The Hall–Kier alpha value is -3.77. The maximum absolute atomic E-state index is 13.2. The van der Waals surface area contributed by atoms with E-state index in [4.69, 9.17) is 4.98 Å². The molecule has 0 fully saturated rings. The number of nitrogens with zero attached hydrogens (tertiary/aromatic N) is 2. The Kier molecular flexibility index (Phi) is 5.91. The average Bonchev–Trinajstić information content (AvgIpc) is 3.26. The molecular weight excluding hydrogens is 406 g/mol. The van der Waals surface area contributed by atoms with Crippen LogP contribution in [0.15, 0.2) is 84.9 Å². The molecular formula is C25H21N3O2S. The van der Waals surface area contributed by atoms with E-state index in [0.717, 1.165) is 16.1 Å². The molecule has 31 heavy (non-hydrogen) atoms. The van der Waals surface area contributed by atoms with E-state index < -0.39 is 0 Å². The molecule has 1 N–H and O–H groups in total. The van der Waals surface area contributed by atoms with Gasteiger partial charge in [0.1, 0.15) is 9.88 Å². The first-order chi connectivity index (χ1) is 15.0. The van der Waals surface area contributed by atoms with Gasteiger partial charge >= 0.3 is 0 Å². The topological polar surface area (TPSA) is 62.3 Å². The second kappa shape index (κ2) is 8.93. The van der Waals surface area contributed by atoms with Crippen LogP contribution in [0.3, 0.4) is 0 Å². The van der Waals surface area contributed by atoms with E-state index >= 15 is 0 Å². The summed E-state index contributed by atoms with van der Waals surface area (Å²) in [5.74, 6) is -0.377. The molecule has 0 radical (unpaired) electrons. The fraction of sp³-hybridized carbons (Fsp3) is 0.0800. The molecule has 0 atom stereocenters. The van der Waals surface area contributed by atoms with Crippen molar-refractivity contribution in [1.82, 2.24) is 9.88 Å². The van der Waals surface area contributed by atoms with Gasteiger partial charge in [0.15, 0.2) is 0 Å². The number of anilines is 1. The first-order valence-corrected chi connectivity index (χ1v) is 10.6. The minimum atomic E-state index is -0.256. The number of hydrogen-bond acceptors (Lipinski definition) is 4. The van der Waals surface area contributed by atoms with Crippen molar-refractivity contribution in [2.45, 2.75) is 0 Å². The molecule has 0 bridgehead atoms. The summed E-state index contributed by atoms with van der Waals surface area (Å²) in [4.78, 5) is 32.3. The molecule has 1 heterocycles. The van der Waals surface area contributed by atoms with E-state index in [-0.39, 0.29) is 11.8 Å². The summed E-state index contributed by atoms with van der Waals surface area (Å²) >= 11 is 1.35. The number of rotatable bonds is 5. The van der Waals surface area contributed by atoms with E-state index in [1.165, 1.54) is 16.2 Å². The van der Waals surface area contributed by atoms with Crippen LogP contribution in [0.25, 0.3) is 21.8 Å². The van der Waals surface area contributed by atoms with Gasteiger partial charge in [0.25, 0.3) is 11.8 Å². The normalized spacial score (nSPS) is 10.5. The second-order valence-electron chi connectivity index (χ2n) is 7.16. The molecule has 4 rings (SSSR count). The molecule has 154 valence electrons. The van der Waals surface area contributed by atoms with Crippen molar-refractivity contribution in [3.8, 4) is 21.8 Å². The molecule has 0 aliphatic carbocycles. The van der Waals surface area contributed by atoms with Gasteiger partial charge in [-0.05, 0) is 18.2 Å². The van der Waals surface area contributed by atoms with Crippen molar-refractivity contribution in [1.29, 1.82) is 0 Å². The summed E-state index contributed by atoms with van der Waals surface area (Å²) in [5.41, 5.74) is 3.55. The molecule has 0 spiro atoms. The lowest BCUT2D eigenvalue weighted by Crippen LogP contribution is -2.21. The molecule has 3 aromatic carbocycles. The van der Waals surface area contributed by atoms with Crippen LogP contribution in [0.4, 0.5) is 5.69 Å². The van der Waals surface area contributed by atoms with Gasteiger partial charge in [-0.3, -0.25) is 9.59 Å². The standard InChI is InChI=1S/C25H21N3O2S/c1-28(2)25(30)19-14-9-15-20(16-19)26-23(29)22-21(17-10-5-3-6-11-17)27-24(31-22)18-12-7-4-8-13-18/h3-16H,1-2H3,(H,26,29). The van der Waals surface area contributed by atoms with E-state index in [0.29, 0.717) is 21.8 Å². The molecule has 0 saturated heterocycles. The number of amides is 2. The van der Waals surface area contributed by atoms with Crippen LogP contribution in [-0.4, -0.2) is 35.8 Å². The predicted octanol–water partition coefficient (Wildman–Crippen LogP) is 5.43. The van der Waals surface area contributed by atoms with E-state index in [2.05, 4.69) is 5.32 Å². The van der Waals surface area contributed by atoms with Crippen molar-refractivity contribution in [3.63, 3.8) is 0 Å². The average molecular weight is 428 g/mol. The van der Waals surface area contributed by atoms with Crippen molar-refractivity contribution in [3.05, 3.63) is 95.4 Å². The summed E-state index contributed by atoms with van der Waals surface area (Å²) in [7, 11) is 3.39. The number of thiazole rings is 1. The zero-order valence-electron chi connectivity index (χ0n) is 17.2. The summed E-state index contributed by atoms with van der Waals surface area (Å²) in [6, 6.07) is 26.4. The third-order valence-corrected chi connectivity index (χ3v) is 5.78. The number of nitrogens with one attached hydrogen (secondary N) is 1. The van der Waals surface area contributed by atoms with Crippen LogP contribution in [-0.2, 0) is 0 Å². The SMILES string of the molecule is CN(C)C(=O)c1cccc(NC(=O)c2sc(-c3ccccc3)nc2-c2ccccc2)c1. The lowest BCUT2D eigenvalue weighted by molar-refractivity contribution is 0.0827. The third kappa shape index (κ3) is 4.54. The largest absolute Gasteiger partial charge is 0.345 e. The molecule has 6 heteroatoms. The number of hydrogen-bond donors (Lipinski definition) is 1. The van der Waals surface area contributed by atoms with Crippen molar-refractivity contribution in [2.75, 3.05) is 19.4 Å². The van der Waals surface area contributed by atoms with Gasteiger partial charge in [-0.15, -0.1) is 11.3 Å². The van der Waals surface area contributed by atoms with Crippen LogP contribution in [0.1, 0.15) is 20.0 Å². The molecule has 2 amide bonds. The first-order valence-electron chi connectivity index (χ1n) is 9.77. The van der Waals surface area contributed by atoms with Crippen LogP contribution in [0.2, 0.25) is 0 Å². The lowest BCUT2D eigenvalue weighted by Gasteiger charge is -2.11. The van der Waals surface area contributed by atoms with E-state index in [1.807, 2.05) is 60.7 Å². The molecule has 1 aromatic heterocycles. The van der Waals surface area contributed by atoms with Gasteiger partial charge in [0.2, 0.25) is 0 Å². The van der Waals surface area contributed by atoms with Gasteiger partial charge in [-0.2, -0.15) is 0 Å². The summed E-state index contributed by atoms with van der Waals surface area (Å²) < 4.78 is 0. The fourth-order valence-corrected chi connectivity index (χ4v) is 4.13. The maximum atomic E-state index is 13.2. The minimum absolute atomic E-state index is 0.120. The smallest absolute Gasteiger partial charge is 0.268 e. The Morgan fingerprint density at radius 3 is 2.13 bits per heavy atom. The lowest BCUT2D eigenvalue weighted by atomic mass is 10.1. The van der Waals surface area contributed by atoms with Crippen LogP contribution in [0.5, 0.6) is 0 Å². The highest BCUT2D eigenvalue weighted by molar-refractivity contribution is 7.17. The number of carbonyl (C=O) groups excluding carboxylic acids is 2. The Bertz CT molecular complexity index is 1220. The summed E-state index contributed by atoms with van der Waals surface area (Å²) in [5, 5.41) is 3.71. The molecule has 0 aliphatic heterocycles. The Morgan fingerprint density at radius 1 is 0.839 bits per heavy atom. The molecule has 0 saturated carbocycles. The molecule has 4 aromatic rings. The van der Waals surface area contributed by atoms with Gasteiger partial charge in [-0.25, -0.2) is 4.98 Å². The second-order valence-corrected chi connectivity index (χ2v) is 8.16. The van der Waals surface area contributed by atoms with E-state index in [1.54, 1.807) is 38.4 Å². The Labute approximate surface area is 185 Å². The quantitative estimate of drug-likeness (QED) is 0.462. The van der Waals surface area contributed by atoms with Gasteiger partial charge < -0.3 is 10.2 Å². The number of benzene rings is 3.